The monoisotopic (exact) mass is 371 g/mol. The number of nitrogens with one attached hydrogen (secondary N) is 1. The third-order valence-corrected chi connectivity index (χ3v) is 6.15. The molecule has 0 spiro atoms. The van der Waals surface area contributed by atoms with Gasteiger partial charge in [-0.15, -0.1) is 0 Å². The average Bonchev–Trinajstić information content (AvgIpc) is 2.36. The van der Waals surface area contributed by atoms with Crippen molar-refractivity contribution in [3.8, 4) is 0 Å². The number of halogens is 3. The lowest BCUT2D eigenvalue weighted by Gasteiger charge is -2.32. The molecular weight excluding hydrogens is 357 g/mol. The normalized spacial score (nSPS) is 18.7. The largest absolute Gasteiger partial charge is 0.389 e. The molecule has 1 aromatic rings. The highest BCUT2D eigenvalue weighted by molar-refractivity contribution is 7.89. The van der Waals surface area contributed by atoms with Crippen molar-refractivity contribution in [1.29, 1.82) is 0 Å². The molecule has 4 nitrogen and oxygen atoms in total. The van der Waals surface area contributed by atoms with Gasteiger partial charge >= 0.3 is 0 Å². The van der Waals surface area contributed by atoms with E-state index in [9.17, 15) is 13.5 Å². The molecule has 1 saturated carbocycles. The van der Waals surface area contributed by atoms with Crippen LogP contribution in [-0.2, 0) is 10.0 Å². The first kappa shape index (κ1) is 17.3. The van der Waals surface area contributed by atoms with Gasteiger partial charge in [0.05, 0.1) is 15.6 Å². The van der Waals surface area contributed by atoms with E-state index in [0.717, 1.165) is 19.3 Å². The Balaban J connectivity index is 2.19. The van der Waals surface area contributed by atoms with E-state index in [1.165, 1.54) is 12.1 Å². The number of benzene rings is 1. The number of hydrogen-bond donors (Lipinski definition) is 2. The summed E-state index contributed by atoms with van der Waals surface area (Å²) in [6, 6.07) is 2.64. The molecule has 0 saturated heterocycles. The van der Waals surface area contributed by atoms with Crippen molar-refractivity contribution in [2.45, 2.75) is 42.6 Å². The molecule has 1 aromatic carbocycles. The van der Waals surface area contributed by atoms with E-state index in [4.69, 9.17) is 34.8 Å². The Labute approximate surface area is 139 Å². The van der Waals surface area contributed by atoms with Gasteiger partial charge in [-0.3, -0.25) is 0 Å². The van der Waals surface area contributed by atoms with Gasteiger partial charge in [-0.2, -0.15) is 0 Å². The molecule has 2 N–H and O–H groups in total. The number of sulfonamides is 1. The molecule has 0 amide bonds. The third kappa shape index (κ3) is 4.24. The maximum atomic E-state index is 12.3. The molecule has 1 fully saturated rings. The van der Waals surface area contributed by atoms with Gasteiger partial charge in [0.25, 0.3) is 0 Å². The fourth-order valence-electron chi connectivity index (χ4n) is 2.47. The molecule has 2 rings (SSSR count). The van der Waals surface area contributed by atoms with Crippen molar-refractivity contribution in [3.05, 3.63) is 27.2 Å². The molecular formula is C13H16Cl3NO3S. The summed E-state index contributed by atoms with van der Waals surface area (Å²) in [5.41, 5.74) is -1.00. The van der Waals surface area contributed by atoms with Crippen LogP contribution in [0.15, 0.2) is 17.0 Å². The van der Waals surface area contributed by atoms with Gasteiger partial charge in [0.1, 0.15) is 4.90 Å². The summed E-state index contributed by atoms with van der Waals surface area (Å²) in [7, 11) is -3.91. The second-order valence-corrected chi connectivity index (χ2v) is 8.26. The Bertz CT molecular complexity index is 605. The Morgan fingerprint density at radius 2 is 1.62 bits per heavy atom. The maximum absolute atomic E-state index is 12.3. The highest BCUT2D eigenvalue weighted by Gasteiger charge is 2.32. The fourth-order valence-corrected chi connectivity index (χ4v) is 5.13. The third-order valence-electron chi connectivity index (χ3n) is 3.61. The Morgan fingerprint density at radius 1 is 1.10 bits per heavy atom. The summed E-state index contributed by atoms with van der Waals surface area (Å²) in [5, 5.41) is 10.5. The quantitative estimate of drug-likeness (QED) is 0.848. The van der Waals surface area contributed by atoms with Crippen LogP contribution in [0.2, 0.25) is 15.1 Å². The molecule has 0 heterocycles. The van der Waals surface area contributed by atoms with Crippen LogP contribution in [0.3, 0.4) is 0 Å². The Hall–Kier alpha value is -0.0400. The fraction of sp³-hybridized carbons (Fsp3) is 0.538. The van der Waals surface area contributed by atoms with E-state index >= 15 is 0 Å². The first-order valence-corrected chi connectivity index (χ1v) is 9.22. The zero-order valence-corrected chi connectivity index (χ0v) is 14.3. The predicted molar refractivity (Wildman–Crippen MR) is 84.7 cm³/mol. The van der Waals surface area contributed by atoms with Crippen LogP contribution in [-0.4, -0.2) is 25.7 Å². The second-order valence-electron chi connectivity index (χ2n) is 5.31. The van der Waals surface area contributed by atoms with Crippen molar-refractivity contribution in [2.75, 3.05) is 6.54 Å². The molecule has 0 aliphatic heterocycles. The lowest BCUT2D eigenvalue weighted by Crippen LogP contribution is -2.44. The van der Waals surface area contributed by atoms with Crippen molar-refractivity contribution < 1.29 is 13.5 Å². The molecule has 0 radical (unpaired) electrons. The van der Waals surface area contributed by atoms with Gasteiger partial charge in [-0.1, -0.05) is 54.1 Å². The minimum atomic E-state index is -3.91. The van der Waals surface area contributed by atoms with Gasteiger partial charge < -0.3 is 5.11 Å². The second kappa shape index (κ2) is 6.60. The summed E-state index contributed by atoms with van der Waals surface area (Å²) >= 11 is 17.6. The molecule has 1 aliphatic carbocycles. The molecule has 8 heteroatoms. The van der Waals surface area contributed by atoms with Gasteiger partial charge in [0.15, 0.2) is 0 Å². The van der Waals surface area contributed by atoms with E-state index in [1.54, 1.807) is 0 Å². The zero-order chi connectivity index (χ0) is 15.7. The average molecular weight is 373 g/mol. The van der Waals surface area contributed by atoms with Crippen LogP contribution in [0.25, 0.3) is 0 Å². The Morgan fingerprint density at radius 3 is 2.14 bits per heavy atom. The Kier molecular flexibility index (Phi) is 5.45. The molecule has 0 aromatic heterocycles. The van der Waals surface area contributed by atoms with E-state index in [0.29, 0.717) is 12.8 Å². The number of rotatable bonds is 4. The molecule has 0 atom stereocenters. The van der Waals surface area contributed by atoms with Crippen LogP contribution in [0.5, 0.6) is 0 Å². The van der Waals surface area contributed by atoms with Crippen LogP contribution >= 0.6 is 34.8 Å². The number of hydrogen-bond acceptors (Lipinski definition) is 3. The summed E-state index contributed by atoms with van der Waals surface area (Å²) in [5.74, 6) is 0. The summed E-state index contributed by atoms with van der Waals surface area (Å²) in [6.45, 7) is -0.0510. The maximum Gasteiger partial charge on any atom is 0.243 e. The highest BCUT2D eigenvalue weighted by atomic mass is 35.5. The SMILES string of the molecule is O=S(=O)(NCC1(O)CCCCC1)c1c(Cl)cc(Cl)cc1Cl. The summed E-state index contributed by atoms with van der Waals surface area (Å²) < 4.78 is 27.1. The van der Waals surface area contributed by atoms with E-state index < -0.39 is 15.6 Å². The van der Waals surface area contributed by atoms with Gasteiger partial charge in [0, 0.05) is 11.6 Å². The van der Waals surface area contributed by atoms with Gasteiger partial charge in [-0.25, -0.2) is 13.1 Å². The van der Waals surface area contributed by atoms with Crippen LogP contribution < -0.4 is 4.72 Å². The molecule has 1 aliphatic rings. The van der Waals surface area contributed by atoms with Crippen molar-refractivity contribution in [1.82, 2.24) is 4.72 Å². The van der Waals surface area contributed by atoms with Crippen molar-refractivity contribution in [3.63, 3.8) is 0 Å². The lowest BCUT2D eigenvalue weighted by atomic mass is 9.85. The van der Waals surface area contributed by atoms with Crippen LogP contribution in [0, 0.1) is 0 Å². The smallest absolute Gasteiger partial charge is 0.243 e. The van der Waals surface area contributed by atoms with Gasteiger partial charge in [-0.05, 0) is 25.0 Å². The molecule has 0 unspecified atom stereocenters. The van der Waals surface area contributed by atoms with E-state index in [1.807, 2.05) is 0 Å². The lowest BCUT2D eigenvalue weighted by molar-refractivity contribution is 0.00945. The zero-order valence-electron chi connectivity index (χ0n) is 11.2. The van der Waals surface area contributed by atoms with Crippen molar-refractivity contribution >= 4 is 44.8 Å². The summed E-state index contributed by atoms with van der Waals surface area (Å²) in [6.07, 6.45) is 4.00. The topological polar surface area (TPSA) is 66.4 Å². The molecule has 0 bridgehead atoms. The molecule has 118 valence electrons. The first-order chi connectivity index (χ1) is 9.73. The van der Waals surface area contributed by atoms with Crippen LogP contribution in [0.4, 0.5) is 0 Å². The standard InChI is InChI=1S/C13H16Cl3NO3S/c14-9-6-10(15)12(11(16)7-9)21(19,20)17-8-13(18)4-2-1-3-5-13/h6-7,17-18H,1-5,8H2. The highest BCUT2D eigenvalue weighted by Crippen LogP contribution is 2.33. The predicted octanol–water partition coefficient (Wildman–Crippen LogP) is 3.62. The molecule has 21 heavy (non-hydrogen) atoms. The number of aliphatic hydroxyl groups is 1. The summed E-state index contributed by atoms with van der Waals surface area (Å²) in [4.78, 5) is -0.213. The van der Waals surface area contributed by atoms with Crippen molar-refractivity contribution in [2.24, 2.45) is 0 Å². The van der Waals surface area contributed by atoms with Gasteiger partial charge in [0.2, 0.25) is 10.0 Å². The first-order valence-electron chi connectivity index (χ1n) is 6.60. The van der Waals surface area contributed by atoms with E-state index in [-0.39, 0.29) is 26.5 Å². The minimum Gasteiger partial charge on any atom is -0.389 e. The minimum absolute atomic E-state index is 0.0457. The van der Waals surface area contributed by atoms with E-state index in [2.05, 4.69) is 4.72 Å². The van der Waals surface area contributed by atoms with Crippen LogP contribution in [0.1, 0.15) is 32.1 Å².